The summed E-state index contributed by atoms with van der Waals surface area (Å²) >= 11 is 0. The number of benzene rings is 1. The molecule has 0 aliphatic rings. The van der Waals surface area contributed by atoms with Gasteiger partial charge >= 0.3 is 0 Å². The minimum atomic E-state index is -0.0572. The maximum absolute atomic E-state index is 11.7. The van der Waals surface area contributed by atoms with E-state index in [2.05, 4.69) is 18.9 Å². The molecule has 1 aromatic heterocycles. The molecule has 0 N–H and O–H groups in total. The second-order valence-electron chi connectivity index (χ2n) is 4.39. The van der Waals surface area contributed by atoms with E-state index in [0.717, 1.165) is 11.3 Å². The first-order chi connectivity index (χ1) is 8.16. The Hall–Kier alpha value is -1.90. The molecule has 0 saturated carbocycles. The fraction of sp³-hybridized carbons (Fsp3) is 0.286. The lowest BCUT2D eigenvalue weighted by Gasteiger charge is -2.08. The van der Waals surface area contributed by atoms with Crippen molar-refractivity contribution in [2.24, 2.45) is 0 Å². The molecule has 0 bridgehead atoms. The summed E-state index contributed by atoms with van der Waals surface area (Å²) in [6, 6.07) is 13.3. The molecule has 88 valence electrons. The molecule has 0 radical (unpaired) electrons. The van der Waals surface area contributed by atoms with E-state index >= 15 is 0 Å². The maximum atomic E-state index is 11.7. The Kier molecular flexibility index (Phi) is 3.38. The molecule has 0 unspecified atom stereocenters. The van der Waals surface area contributed by atoms with Crippen molar-refractivity contribution in [3.8, 4) is 0 Å². The van der Waals surface area contributed by atoms with Gasteiger partial charge in [0.2, 0.25) is 0 Å². The number of rotatable bonds is 3. The monoisotopic (exact) mass is 228 g/mol. The van der Waals surface area contributed by atoms with Crippen LogP contribution >= 0.6 is 0 Å². The number of hydrogen-bond acceptors (Lipinski definition) is 2. The smallest absolute Gasteiger partial charge is 0.267 e. The number of nitrogens with zero attached hydrogens (tertiary/aromatic N) is 2. The van der Waals surface area contributed by atoms with E-state index in [1.807, 2.05) is 30.3 Å². The van der Waals surface area contributed by atoms with Gasteiger partial charge in [-0.05, 0) is 17.5 Å². The number of aromatic nitrogens is 2. The minimum Gasteiger partial charge on any atom is -0.268 e. The quantitative estimate of drug-likeness (QED) is 0.808. The van der Waals surface area contributed by atoms with Crippen LogP contribution in [0.2, 0.25) is 0 Å². The van der Waals surface area contributed by atoms with Gasteiger partial charge in [0.25, 0.3) is 5.56 Å². The third-order valence-corrected chi connectivity index (χ3v) is 2.65. The van der Waals surface area contributed by atoms with Crippen LogP contribution in [-0.2, 0) is 6.54 Å². The predicted molar refractivity (Wildman–Crippen MR) is 68.1 cm³/mol. The lowest BCUT2D eigenvalue weighted by Crippen LogP contribution is -2.23. The highest BCUT2D eigenvalue weighted by Crippen LogP contribution is 2.08. The fourth-order valence-electron chi connectivity index (χ4n) is 1.64. The zero-order chi connectivity index (χ0) is 12.3. The molecule has 0 spiro atoms. The van der Waals surface area contributed by atoms with Gasteiger partial charge in [-0.2, -0.15) is 5.10 Å². The molecule has 3 nitrogen and oxygen atoms in total. The molecule has 0 aliphatic carbocycles. The Labute approximate surface area is 101 Å². The SMILES string of the molecule is CC(C)c1ccc(=O)n(Cc2ccccc2)n1. The first-order valence-corrected chi connectivity index (χ1v) is 5.79. The van der Waals surface area contributed by atoms with Crippen molar-refractivity contribution in [1.29, 1.82) is 0 Å². The Bertz CT molecular complexity index is 544. The molecule has 0 aliphatic heterocycles. The van der Waals surface area contributed by atoms with Crippen LogP contribution in [-0.4, -0.2) is 9.78 Å². The Morgan fingerprint density at radius 1 is 1.12 bits per heavy atom. The standard InChI is InChI=1S/C14H16N2O/c1-11(2)13-8-9-14(17)16(15-13)10-12-6-4-3-5-7-12/h3-9,11H,10H2,1-2H3. The van der Waals surface area contributed by atoms with Gasteiger partial charge in [0, 0.05) is 6.07 Å². The average Bonchev–Trinajstić information content (AvgIpc) is 2.33. The van der Waals surface area contributed by atoms with Crippen LogP contribution in [0.15, 0.2) is 47.3 Å². The van der Waals surface area contributed by atoms with Gasteiger partial charge in [0.1, 0.15) is 0 Å². The van der Waals surface area contributed by atoms with Crippen molar-refractivity contribution in [1.82, 2.24) is 9.78 Å². The van der Waals surface area contributed by atoms with Gasteiger partial charge < -0.3 is 0 Å². The highest BCUT2D eigenvalue weighted by molar-refractivity contribution is 5.15. The molecule has 0 atom stereocenters. The summed E-state index contributed by atoms with van der Waals surface area (Å²) in [5.74, 6) is 0.331. The third-order valence-electron chi connectivity index (χ3n) is 2.65. The Balaban J connectivity index is 2.32. The molecular formula is C14H16N2O. The van der Waals surface area contributed by atoms with E-state index in [9.17, 15) is 4.79 Å². The Morgan fingerprint density at radius 2 is 1.82 bits per heavy atom. The highest BCUT2D eigenvalue weighted by atomic mass is 16.1. The summed E-state index contributed by atoms with van der Waals surface area (Å²) in [5, 5.41) is 4.37. The van der Waals surface area contributed by atoms with Gasteiger partial charge in [-0.25, -0.2) is 4.68 Å². The van der Waals surface area contributed by atoms with E-state index in [4.69, 9.17) is 0 Å². The maximum Gasteiger partial charge on any atom is 0.267 e. The van der Waals surface area contributed by atoms with Gasteiger partial charge in [0.15, 0.2) is 0 Å². The fourth-order valence-corrected chi connectivity index (χ4v) is 1.64. The summed E-state index contributed by atoms with van der Waals surface area (Å²) in [6.07, 6.45) is 0. The van der Waals surface area contributed by atoms with Crippen LogP contribution in [0.5, 0.6) is 0 Å². The van der Waals surface area contributed by atoms with Crippen molar-refractivity contribution < 1.29 is 0 Å². The van der Waals surface area contributed by atoms with Crippen molar-refractivity contribution in [3.63, 3.8) is 0 Å². The molecular weight excluding hydrogens is 212 g/mol. The Morgan fingerprint density at radius 3 is 2.47 bits per heavy atom. The van der Waals surface area contributed by atoms with Crippen LogP contribution in [0.1, 0.15) is 31.0 Å². The first kappa shape index (κ1) is 11.6. The van der Waals surface area contributed by atoms with E-state index in [1.165, 1.54) is 4.68 Å². The normalized spacial score (nSPS) is 10.8. The predicted octanol–water partition coefficient (Wildman–Crippen LogP) is 2.42. The van der Waals surface area contributed by atoms with Crippen LogP contribution in [0.3, 0.4) is 0 Å². The van der Waals surface area contributed by atoms with Crippen LogP contribution in [0.4, 0.5) is 0 Å². The largest absolute Gasteiger partial charge is 0.268 e. The van der Waals surface area contributed by atoms with E-state index in [1.54, 1.807) is 12.1 Å². The third kappa shape index (κ3) is 2.81. The van der Waals surface area contributed by atoms with Crippen molar-refractivity contribution >= 4 is 0 Å². The highest BCUT2D eigenvalue weighted by Gasteiger charge is 2.04. The lowest BCUT2D eigenvalue weighted by atomic mass is 10.1. The molecule has 3 heteroatoms. The summed E-state index contributed by atoms with van der Waals surface area (Å²) in [7, 11) is 0. The molecule has 17 heavy (non-hydrogen) atoms. The van der Waals surface area contributed by atoms with Crippen molar-refractivity contribution in [2.45, 2.75) is 26.3 Å². The topological polar surface area (TPSA) is 34.9 Å². The zero-order valence-electron chi connectivity index (χ0n) is 10.1. The number of hydrogen-bond donors (Lipinski definition) is 0. The van der Waals surface area contributed by atoms with E-state index < -0.39 is 0 Å². The van der Waals surface area contributed by atoms with Gasteiger partial charge in [-0.15, -0.1) is 0 Å². The zero-order valence-corrected chi connectivity index (χ0v) is 10.1. The molecule has 1 aromatic carbocycles. The van der Waals surface area contributed by atoms with Crippen LogP contribution in [0.25, 0.3) is 0 Å². The minimum absolute atomic E-state index is 0.0572. The molecule has 2 rings (SSSR count). The molecule has 2 aromatic rings. The molecule has 0 fully saturated rings. The summed E-state index contributed by atoms with van der Waals surface area (Å²) in [5.41, 5.74) is 1.97. The summed E-state index contributed by atoms with van der Waals surface area (Å²) in [4.78, 5) is 11.7. The van der Waals surface area contributed by atoms with Gasteiger partial charge in [-0.1, -0.05) is 44.2 Å². The lowest BCUT2D eigenvalue weighted by molar-refractivity contribution is 0.604. The molecule has 0 amide bonds. The van der Waals surface area contributed by atoms with Crippen molar-refractivity contribution in [3.05, 3.63) is 64.1 Å². The van der Waals surface area contributed by atoms with E-state index in [-0.39, 0.29) is 5.56 Å². The van der Waals surface area contributed by atoms with E-state index in [0.29, 0.717) is 12.5 Å². The second kappa shape index (κ2) is 4.95. The van der Waals surface area contributed by atoms with Crippen LogP contribution in [0, 0.1) is 0 Å². The summed E-state index contributed by atoms with van der Waals surface area (Å²) in [6.45, 7) is 4.67. The van der Waals surface area contributed by atoms with Crippen molar-refractivity contribution in [2.75, 3.05) is 0 Å². The van der Waals surface area contributed by atoms with Gasteiger partial charge in [-0.3, -0.25) is 4.79 Å². The summed E-state index contributed by atoms with van der Waals surface area (Å²) < 4.78 is 1.52. The second-order valence-corrected chi connectivity index (χ2v) is 4.39. The molecule has 0 saturated heterocycles. The first-order valence-electron chi connectivity index (χ1n) is 5.79. The van der Waals surface area contributed by atoms with Gasteiger partial charge in [0.05, 0.1) is 12.2 Å². The molecule has 1 heterocycles. The van der Waals surface area contributed by atoms with Crippen LogP contribution < -0.4 is 5.56 Å². The average molecular weight is 228 g/mol.